The second kappa shape index (κ2) is 4.07. The molecular formula is C16H20N2O. The fourth-order valence-electron chi connectivity index (χ4n) is 3.65. The number of nitrogens with one attached hydrogen (secondary N) is 1. The third kappa shape index (κ3) is 1.79. The summed E-state index contributed by atoms with van der Waals surface area (Å²) in [6.45, 7) is 3.38. The molecular weight excluding hydrogens is 236 g/mol. The highest BCUT2D eigenvalue weighted by atomic mass is 16.2. The van der Waals surface area contributed by atoms with Crippen LogP contribution in [0.1, 0.15) is 31.2 Å². The molecule has 1 saturated heterocycles. The lowest BCUT2D eigenvalue weighted by atomic mass is 9.73. The Morgan fingerprint density at radius 1 is 1.21 bits per heavy atom. The number of carbonyl (C=O) groups excluding carboxylic acids is 1. The van der Waals surface area contributed by atoms with Gasteiger partial charge in [-0.3, -0.25) is 4.79 Å². The summed E-state index contributed by atoms with van der Waals surface area (Å²) < 4.78 is 0. The summed E-state index contributed by atoms with van der Waals surface area (Å²) in [7, 11) is 0. The molecule has 1 aromatic rings. The fraction of sp³-hybridized carbons (Fsp3) is 0.562. The Hall–Kier alpha value is -1.35. The van der Waals surface area contributed by atoms with E-state index >= 15 is 0 Å². The molecule has 4 rings (SSSR count). The third-order valence-electron chi connectivity index (χ3n) is 5.05. The van der Waals surface area contributed by atoms with Crippen LogP contribution in [0.3, 0.4) is 0 Å². The van der Waals surface area contributed by atoms with Crippen LogP contribution in [0.25, 0.3) is 0 Å². The Morgan fingerprint density at radius 3 is 2.68 bits per heavy atom. The lowest BCUT2D eigenvalue weighted by molar-refractivity contribution is -0.122. The van der Waals surface area contributed by atoms with E-state index in [-0.39, 0.29) is 11.3 Å². The molecule has 0 unspecified atom stereocenters. The van der Waals surface area contributed by atoms with E-state index in [0.717, 1.165) is 37.5 Å². The largest absolute Gasteiger partial charge is 0.325 e. The van der Waals surface area contributed by atoms with E-state index in [1.807, 2.05) is 12.1 Å². The predicted octanol–water partition coefficient (Wildman–Crippen LogP) is 2.38. The van der Waals surface area contributed by atoms with Crippen LogP contribution >= 0.6 is 0 Å². The summed E-state index contributed by atoms with van der Waals surface area (Å²) in [5, 5.41) is 3.07. The molecule has 3 aliphatic rings. The number of amides is 1. The molecule has 0 atom stereocenters. The third-order valence-corrected chi connectivity index (χ3v) is 5.05. The Labute approximate surface area is 114 Å². The van der Waals surface area contributed by atoms with Gasteiger partial charge in [0, 0.05) is 12.2 Å². The number of likely N-dealkylation sites (tertiary alicyclic amines) is 1. The highest BCUT2D eigenvalue weighted by Crippen LogP contribution is 2.45. The molecule has 1 aliphatic carbocycles. The van der Waals surface area contributed by atoms with Crippen LogP contribution in [0.5, 0.6) is 0 Å². The molecule has 3 heteroatoms. The zero-order valence-corrected chi connectivity index (χ0v) is 11.2. The first-order valence-electron chi connectivity index (χ1n) is 7.41. The van der Waals surface area contributed by atoms with Crippen LogP contribution < -0.4 is 5.32 Å². The maximum atomic E-state index is 12.4. The van der Waals surface area contributed by atoms with Crippen molar-refractivity contribution >= 4 is 11.6 Å². The number of hydrogen-bond acceptors (Lipinski definition) is 2. The molecule has 1 spiro atoms. The Kier molecular flexibility index (Phi) is 2.46. The lowest BCUT2D eigenvalue weighted by Gasteiger charge is -2.38. The predicted molar refractivity (Wildman–Crippen MR) is 75.1 cm³/mol. The van der Waals surface area contributed by atoms with Gasteiger partial charge in [-0.1, -0.05) is 18.2 Å². The molecule has 2 heterocycles. The molecule has 1 amide bonds. The van der Waals surface area contributed by atoms with E-state index in [9.17, 15) is 4.79 Å². The minimum absolute atomic E-state index is 0.222. The minimum atomic E-state index is -0.239. The number of para-hydroxylation sites is 1. The Balaban J connectivity index is 1.56. The smallest absolute Gasteiger partial charge is 0.235 e. The van der Waals surface area contributed by atoms with Crippen LogP contribution in [0.4, 0.5) is 5.69 Å². The van der Waals surface area contributed by atoms with Gasteiger partial charge in [0.05, 0.1) is 5.41 Å². The second-order valence-electron chi connectivity index (χ2n) is 6.33. The van der Waals surface area contributed by atoms with Crippen molar-refractivity contribution in [2.45, 2.75) is 31.1 Å². The zero-order valence-electron chi connectivity index (χ0n) is 11.2. The van der Waals surface area contributed by atoms with Gasteiger partial charge in [-0.2, -0.15) is 0 Å². The Morgan fingerprint density at radius 2 is 1.95 bits per heavy atom. The maximum absolute atomic E-state index is 12.4. The number of piperidine rings is 1. The van der Waals surface area contributed by atoms with E-state index in [0.29, 0.717) is 0 Å². The van der Waals surface area contributed by atoms with E-state index in [2.05, 4.69) is 22.3 Å². The highest BCUT2D eigenvalue weighted by Gasteiger charge is 2.48. The van der Waals surface area contributed by atoms with Crippen molar-refractivity contribution in [1.29, 1.82) is 0 Å². The zero-order chi connectivity index (χ0) is 12.9. The van der Waals surface area contributed by atoms with Crippen molar-refractivity contribution in [3.63, 3.8) is 0 Å². The van der Waals surface area contributed by atoms with E-state index in [4.69, 9.17) is 0 Å². The SMILES string of the molecule is O=C1Nc2ccccc2C12CCN(CC1CC1)CC2. The Bertz CT molecular complexity index is 513. The van der Waals surface area contributed by atoms with Crippen LogP contribution in [-0.4, -0.2) is 30.4 Å². The molecule has 1 N–H and O–H groups in total. The molecule has 2 fully saturated rings. The summed E-state index contributed by atoms with van der Waals surface area (Å²) >= 11 is 0. The number of carbonyl (C=O) groups is 1. The van der Waals surface area contributed by atoms with E-state index in [1.165, 1.54) is 24.9 Å². The number of hydrogen-bond donors (Lipinski definition) is 1. The first-order chi connectivity index (χ1) is 9.28. The average Bonchev–Trinajstić information content (AvgIpc) is 3.20. The summed E-state index contributed by atoms with van der Waals surface area (Å²) in [6, 6.07) is 8.21. The van der Waals surface area contributed by atoms with Crippen LogP contribution in [0.15, 0.2) is 24.3 Å². The number of rotatable bonds is 2. The summed E-state index contributed by atoms with van der Waals surface area (Å²) in [5.41, 5.74) is 2.02. The van der Waals surface area contributed by atoms with Gasteiger partial charge in [-0.25, -0.2) is 0 Å². The molecule has 100 valence electrons. The van der Waals surface area contributed by atoms with Gasteiger partial charge in [0.1, 0.15) is 0 Å². The molecule has 0 radical (unpaired) electrons. The van der Waals surface area contributed by atoms with Gasteiger partial charge >= 0.3 is 0 Å². The number of nitrogens with zero attached hydrogens (tertiary/aromatic N) is 1. The van der Waals surface area contributed by atoms with Crippen molar-refractivity contribution in [3.8, 4) is 0 Å². The molecule has 2 aliphatic heterocycles. The van der Waals surface area contributed by atoms with Crippen LogP contribution in [0, 0.1) is 5.92 Å². The molecule has 19 heavy (non-hydrogen) atoms. The summed E-state index contributed by atoms with van der Waals surface area (Å²) in [4.78, 5) is 15.0. The van der Waals surface area contributed by atoms with Gasteiger partial charge in [0.25, 0.3) is 0 Å². The van der Waals surface area contributed by atoms with Gasteiger partial charge < -0.3 is 10.2 Å². The minimum Gasteiger partial charge on any atom is -0.325 e. The first kappa shape index (κ1) is 11.5. The van der Waals surface area contributed by atoms with Crippen molar-refractivity contribution in [2.75, 3.05) is 25.0 Å². The van der Waals surface area contributed by atoms with E-state index < -0.39 is 0 Å². The molecule has 0 bridgehead atoms. The fourth-order valence-corrected chi connectivity index (χ4v) is 3.65. The van der Waals surface area contributed by atoms with Crippen molar-refractivity contribution in [1.82, 2.24) is 4.90 Å². The standard InChI is InChI=1S/C16H20N2O/c19-15-16(13-3-1-2-4-14(13)17-15)7-9-18(10-8-16)11-12-5-6-12/h1-4,12H,5-11H2,(H,17,19). The van der Waals surface area contributed by atoms with Crippen molar-refractivity contribution in [3.05, 3.63) is 29.8 Å². The average molecular weight is 256 g/mol. The monoisotopic (exact) mass is 256 g/mol. The van der Waals surface area contributed by atoms with Crippen molar-refractivity contribution in [2.24, 2.45) is 5.92 Å². The highest BCUT2D eigenvalue weighted by molar-refractivity contribution is 6.06. The quantitative estimate of drug-likeness (QED) is 0.881. The topological polar surface area (TPSA) is 32.3 Å². The second-order valence-corrected chi connectivity index (χ2v) is 6.33. The molecule has 1 aromatic carbocycles. The van der Waals surface area contributed by atoms with E-state index in [1.54, 1.807) is 0 Å². The van der Waals surface area contributed by atoms with Crippen LogP contribution in [-0.2, 0) is 10.2 Å². The van der Waals surface area contributed by atoms with Gasteiger partial charge in [-0.05, 0) is 56.3 Å². The van der Waals surface area contributed by atoms with Gasteiger partial charge in [0.2, 0.25) is 5.91 Å². The summed E-state index contributed by atoms with van der Waals surface area (Å²) in [5.74, 6) is 1.17. The van der Waals surface area contributed by atoms with Crippen LogP contribution in [0.2, 0.25) is 0 Å². The maximum Gasteiger partial charge on any atom is 0.235 e. The number of benzene rings is 1. The lowest BCUT2D eigenvalue weighted by Crippen LogP contribution is -2.46. The number of anilines is 1. The normalized spacial score (nSPS) is 25.4. The first-order valence-corrected chi connectivity index (χ1v) is 7.41. The summed E-state index contributed by atoms with van der Waals surface area (Å²) in [6.07, 6.45) is 4.76. The van der Waals surface area contributed by atoms with Gasteiger partial charge in [-0.15, -0.1) is 0 Å². The van der Waals surface area contributed by atoms with Gasteiger partial charge in [0.15, 0.2) is 0 Å². The molecule has 3 nitrogen and oxygen atoms in total. The molecule has 1 saturated carbocycles. The number of fused-ring (bicyclic) bond motifs is 2. The van der Waals surface area contributed by atoms with Crippen molar-refractivity contribution < 1.29 is 4.79 Å². The molecule has 0 aromatic heterocycles.